The number of benzene rings is 1. The van der Waals surface area contributed by atoms with Gasteiger partial charge in [0.1, 0.15) is 11.9 Å². The van der Waals surface area contributed by atoms with Crippen LogP contribution in [0.3, 0.4) is 0 Å². The van der Waals surface area contributed by atoms with Crippen LogP contribution in [-0.2, 0) is 16.4 Å². The average Bonchev–Trinajstić information content (AvgIpc) is 2.90. The lowest BCUT2D eigenvalue weighted by Crippen LogP contribution is -2.47. The van der Waals surface area contributed by atoms with Crippen molar-refractivity contribution in [1.82, 2.24) is 4.31 Å². The predicted octanol–water partition coefficient (Wildman–Crippen LogP) is 1.94. The van der Waals surface area contributed by atoms with E-state index in [1.54, 1.807) is 6.92 Å². The number of hydrogen-bond acceptors (Lipinski definition) is 4. The van der Waals surface area contributed by atoms with Crippen LogP contribution in [0.25, 0.3) is 0 Å². The van der Waals surface area contributed by atoms with Gasteiger partial charge >= 0.3 is 0 Å². The van der Waals surface area contributed by atoms with Crippen LogP contribution >= 0.6 is 0 Å². The summed E-state index contributed by atoms with van der Waals surface area (Å²) in [5, 5.41) is 8.01. The van der Waals surface area contributed by atoms with E-state index >= 15 is 0 Å². The lowest BCUT2D eigenvalue weighted by molar-refractivity contribution is 0.152. The molecule has 3 atom stereocenters. The van der Waals surface area contributed by atoms with Crippen molar-refractivity contribution in [2.75, 3.05) is 7.05 Å². The van der Waals surface area contributed by atoms with E-state index in [-0.39, 0.29) is 18.6 Å². The van der Waals surface area contributed by atoms with E-state index in [9.17, 15) is 8.42 Å². The lowest BCUT2D eigenvalue weighted by Gasteiger charge is -2.29. The molecule has 0 N–H and O–H groups in total. The van der Waals surface area contributed by atoms with Crippen LogP contribution < -0.4 is 4.74 Å². The fourth-order valence-corrected chi connectivity index (χ4v) is 4.07. The predicted molar refractivity (Wildman–Crippen MR) is 80.4 cm³/mol. The smallest absolute Gasteiger partial charge is 0.230 e. The third kappa shape index (κ3) is 2.89. The van der Waals surface area contributed by atoms with Crippen LogP contribution in [0.15, 0.2) is 24.3 Å². The van der Waals surface area contributed by atoms with Crippen LogP contribution in [0, 0.1) is 11.3 Å². The summed E-state index contributed by atoms with van der Waals surface area (Å²) in [6.07, 6.45) is 0.737. The molecule has 0 radical (unpaired) electrons. The van der Waals surface area contributed by atoms with E-state index in [2.05, 4.69) is 0 Å². The molecule has 0 aliphatic carbocycles. The zero-order chi connectivity index (χ0) is 15.6. The summed E-state index contributed by atoms with van der Waals surface area (Å²) in [7, 11) is -2.11. The van der Waals surface area contributed by atoms with Gasteiger partial charge in [-0.15, -0.1) is 0 Å². The molecule has 0 fully saturated rings. The van der Waals surface area contributed by atoms with Gasteiger partial charge in [-0.25, -0.2) is 8.42 Å². The molecule has 1 aliphatic heterocycles. The summed E-state index contributed by atoms with van der Waals surface area (Å²) in [6.45, 7) is 3.52. The number of hydrogen-bond donors (Lipinski definition) is 0. The van der Waals surface area contributed by atoms with Crippen LogP contribution in [0.4, 0.5) is 0 Å². The van der Waals surface area contributed by atoms with Crippen molar-refractivity contribution in [3.8, 4) is 11.8 Å². The molecule has 114 valence electrons. The van der Waals surface area contributed by atoms with E-state index in [0.29, 0.717) is 6.42 Å². The van der Waals surface area contributed by atoms with Crippen molar-refractivity contribution in [2.24, 2.45) is 0 Å². The minimum absolute atomic E-state index is 0.224. The van der Waals surface area contributed by atoms with Gasteiger partial charge in [0.2, 0.25) is 10.0 Å². The zero-order valence-electron chi connectivity index (χ0n) is 12.5. The fraction of sp³-hybridized carbons (Fsp3) is 0.533. The number of ether oxygens (including phenoxy) is 1. The number of nitriles is 1. The molecule has 1 aliphatic rings. The molecular formula is C15H20N2O3S. The molecule has 6 heteroatoms. The Hall–Kier alpha value is -1.58. The van der Waals surface area contributed by atoms with Gasteiger partial charge in [0.25, 0.3) is 0 Å². The summed E-state index contributed by atoms with van der Waals surface area (Å²) in [5.41, 5.74) is 1.09. The van der Waals surface area contributed by atoms with Crippen LogP contribution in [0.1, 0.15) is 25.8 Å². The maximum absolute atomic E-state index is 12.4. The molecule has 0 spiro atoms. The Morgan fingerprint density at radius 3 is 2.71 bits per heavy atom. The van der Waals surface area contributed by atoms with E-state index in [4.69, 9.17) is 10.00 Å². The zero-order valence-corrected chi connectivity index (χ0v) is 13.3. The second-order valence-electron chi connectivity index (χ2n) is 5.30. The highest BCUT2D eigenvalue weighted by atomic mass is 32.2. The summed E-state index contributed by atoms with van der Waals surface area (Å²) in [5.74, 6) is 0.812. The second-order valence-corrected chi connectivity index (χ2v) is 7.47. The Morgan fingerprint density at radius 2 is 2.14 bits per heavy atom. The van der Waals surface area contributed by atoms with Crippen molar-refractivity contribution < 1.29 is 13.2 Å². The topological polar surface area (TPSA) is 70.4 Å². The van der Waals surface area contributed by atoms with Crippen molar-refractivity contribution in [1.29, 1.82) is 5.26 Å². The third-order valence-corrected chi connectivity index (χ3v) is 6.35. The van der Waals surface area contributed by atoms with Gasteiger partial charge in [0, 0.05) is 13.5 Å². The quantitative estimate of drug-likeness (QED) is 0.833. The first-order chi connectivity index (χ1) is 9.91. The van der Waals surface area contributed by atoms with E-state index in [1.165, 1.54) is 11.4 Å². The highest BCUT2D eigenvalue weighted by Crippen LogP contribution is 2.31. The first-order valence-corrected chi connectivity index (χ1v) is 8.53. The molecule has 1 heterocycles. The monoisotopic (exact) mass is 308 g/mol. The molecule has 0 saturated carbocycles. The van der Waals surface area contributed by atoms with Gasteiger partial charge in [-0.3, -0.25) is 0 Å². The van der Waals surface area contributed by atoms with E-state index in [0.717, 1.165) is 11.3 Å². The fourth-order valence-electron chi connectivity index (χ4n) is 2.51. The molecule has 2 rings (SSSR count). The van der Waals surface area contributed by atoms with Crippen LogP contribution in [0.2, 0.25) is 0 Å². The van der Waals surface area contributed by atoms with Gasteiger partial charge in [-0.1, -0.05) is 25.1 Å². The Labute approximate surface area is 126 Å². The number of para-hydroxylation sites is 1. The summed E-state index contributed by atoms with van der Waals surface area (Å²) in [6, 6.07) is 9.25. The molecule has 0 unspecified atom stereocenters. The molecule has 1 aromatic carbocycles. The summed E-state index contributed by atoms with van der Waals surface area (Å²) >= 11 is 0. The number of rotatable bonds is 5. The van der Waals surface area contributed by atoms with Crippen molar-refractivity contribution in [3.63, 3.8) is 0 Å². The normalized spacial score (nSPS) is 20.4. The molecule has 1 aromatic rings. The number of nitrogens with zero attached hydrogens (tertiary/aromatic N) is 2. The van der Waals surface area contributed by atoms with E-state index in [1.807, 2.05) is 37.3 Å². The molecular weight excluding hydrogens is 288 g/mol. The van der Waals surface area contributed by atoms with Gasteiger partial charge in [-0.2, -0.15) is 9.57 Å². The van der Waals surface area contributed by atoms with Crippen molar-refractivity contribution in [3.05, 3.63) is 29.8 Å². The van der Waals surface area contributed by atoms with Gasteiger partial charge in [0.15, 0.2) is 5.25 Å². The van der Waals surface area contributed by atoms with E-state index < -0.39 is 15.3 Å². The third-order valence-electron chi connectivity index (χ3n) is 4.06. The van der Waals surface area contributed by atoms with Crippen LogP contribution in [-0.4, -0.2) is 37.2 Å². The Morgan fingerprint density at radius 1 is 1.48 bits per heavy atom. The Bertz CT molecular complexity index is 626. The number of sulfonamides is 1. The standard InChI is InChI=1S/C15H20N2O3S/c1-4-13(10-16)21(18,19)17(3)11(2)15-9-12-7-5-6-8-14(12)20-15/h5-8,11,13,15H,4,9H2,1-3H3/t11-,13+,15+/m0/s1. The van der Waals surface area contributed by atoms with Crippen molar-refractivity contribution in [2.45, 2.75) is 44.1 Å². The first-order valence-electron chi connectivity index (χ1n) is 7.02. The molecule has 0 bridgehead atoms. The first kappa shape index (κ1) is 15.8. The summed E-state index contributed by atoms with van der Waals surface area (Å²) < 4.78 is 31.9. The largest absolute Gasteiger partial charge is 0.488 e. The Balaban J connectivity index is 2.15. The molecule has 0 saturated heterocycles. The summed E-state index contributed by atoms with van der Waals surface area (Å²) in [4.78, 5) is 0. The number of fused-ring (bicyclic) bond motifs is 1. The minimum atomic E-state index is -3.63. The lowest BCUT2D eigenvalue weighted by atomic mass is 10.1. The SMILES string of the molecule is CC[C@H](C#N)S(=O)(=O)N(C)[C@@H](C)[C@H]1Cc2ccccc2O1. The van der Waals surface area contributed by atoms with Gasteiger partial charge in [0.05, 0.1) is 12.1 Å². The number of likely N-dealkylation sites (N-methyl/N-ethyl adjacent to an activating group) is 1. The second kappa shape index (κ2) is 6.04. The highest BCUT2D eigenvalue weighted by molar-refractivity contribution is 7.90. The van der Waals surface area contributed by atoms with Crippen LogP contribution in [0.5, 0.6) is 5.75 Å². The highest BCUT2D eigenvalue weighted by Gasteiger charge is 2.37. The maximum Gasteiger partial charge on any atom is 0.230 e. The van der Waals surface area contributed by atoms with Gasteiger partial charge < -0.3 is 4.74 Å². The molecule has 0 aromatic heterocycles. The Kier molecular flexibility index (Phi) is 4.55. The molecule has 21 heavy (non-hydrogen) atoms. The van der Waals surface area contributed by atoms with Crippen molar-refractivity contribution >= 4 is 10.0 Å². The molecule has 5 nitrogen and oxygen atoms in total. The molecule has 0 amide bonds. The van der Waals surface area contributed by atoms with Gasteiger partial charge in [-0.05, 0) is 25.0 Å². The minimum Gasteiger partial charge on any atom is -0.488 e. The maximum atomic E-state index is 12.4. The average molecular weight is 308 g/mol.